The highest BCUT2D eigenvalue weighted by molar-refractivity contribution is 6.39. The summed E-state index contributed by atoms with van der Waals surface area (Å²) in [7, 11) is 0. The molecule has 6 heteroatoms. The van der Waals surface area contributed by atoms with Gasteiger partial charge in [0.05, 0.1) is 0 Å². The highest BCUT2D eigenvalue weighted by atomic mass is 16.3. The van der Waals surface area contributed by atoms with Crippen LogP contribution in [0.15, 0.2) is 48.5 Å². The van der Waals surface area contributed by atoms with Gasteiger partial charge in [0.15, 0.2) is 6.23 Å². The second-order valence-electron chi connectivity index (χ2n) is 12.6. The van der Waals surface area contributed by atoms with E-state index in [1.165, 1.54) is 49.8 Å². The quantitative estimate of drug-likeness (QED) is 0.0684. The number of fused-ring (bicyclic) bond motifs is 2. The minimum absolute atomic E-state index is 0.128. The predicted octanol–water partition coefficient (Wildman–Crippen LogP) is 8.72. The SMILES string of the molecule is CCCCCCCCCCCCN1C(=O)c2ccc3c4ccc5c6c(ccc(c7ccc(c2c37)C1O)c64)C(=O)N(CC)C5=O. The molecule has 0 aromatic heterocycles. The molecule has 6 nitrogen and oxygen atoms in total. The van der Waals surface area contributed by atoms with Crippen molar-refractivity contribution in [1.29, 1.82) is 0 Å². The molecule has 0 saturated heterocycles. The largest absolute Gasteiger partial charge is 0.369 e. The van der Waals surface area contributed by atoms with Crippen molar-refractivity contribution in [3.05, 3.63) is 70.8 Å². The third-order valence-corrected chi connectivity index (χ3v) is 10.0. The summed E-state index contributed by atoms with van der Waals surface area (Å²) in [4.78, 5) is 43.3. The van der Waals surface area contributed by atoms with E-state index in [9.17, 15) is 19.5 Å². The molecule has 1 atom stereocenters. The fraction of sp³-hybridized carbons (Fsp3) is 0.395. The van der Waals surface area contributed by atoms with Crippen molar-refractivity contribution in [3.63, 3.8) is 0 Å². The number of hydrogen-bond acceptors (Lipinski definition) is 4. The van der Waals surface area contributed by atoms with Gasteiger partial charge >= 0.3 is 0 Å². The first kappa shape index (κ1) is 28.7. The van der Waals surface area contributed by atoms with Gasteiger partial charge in [0, 0.05) is 46.1 Å². The first-order chi connectivity index (χ1) is 21.5. The smallest absolute Gasteiger partial charge is 0.261 e. The lowest BCUT2D eigenvalue weighted by Gasteiger charge is -2.34. The maximum atomic E-state index is 13.8. The van der Waals surface area contributed by atoms with Gasteiger partial charge in [0.1, 0.15) is 0 Å². The Labute approximate surface area is 257 Å². The maximum absolute atomic E-state index is 13.8. The summed E-state index contributed by atoms with van der Waals surface area (Å²) in [5, 5.41) is 18.7. The summed E-state index contributed by atoms with van der Waals surface area (Å²) < 4.78 is 0. The molecule has 0 fully saturated rings. The van der Waals surface area contributed by atoms with E-state index >= 15 is 0 Å². The normalized spacial score (nSPS) is 16.5. The van der Waals surface area contributed by atoms with E-state index < -0.39 is 6.23 Å². The van der Waals surface area contributed by atoms with Gasteiger partial charge in [0.2, 0.25) is 0 Å². The third-order valence-electron chi connectivity index (χ3n) is 10.0. The molecule has 7 rings (SSSR count). The van der Waals surface area contributed by atoms with Crippen molar-refractivity contribution in [1.82, 2.24) is 9.80 Å². The molecule has 44 heavy (non-hydrogen) atoms. The molecule has 3 amide bonds. The van der Waals surface area contributed by atoms with Crippen LogP contribution in [0.4, 0.5) is 0 Å². The molecular formula is C38H40N2O4. The summed E-state index contributed by atoms with van der Waals surface area (Å²) in [5.74, 6) is -0.654. The molecule has 0 spiro atoms. The number of aliphatic hydroxyl groups is 1. The monoisotopic (exact) mass is 588 g/mol. The lowest BCUT2D eigenvalue weighted by atomic mass is 9.82. The van der Waals surface area contributed by atoms with Gasteiger partial charge in [-0.2, -0.15) is 0 Å². The zero-order chi connectivity index (χ0) is 30.5. The summed E-state index contributed by atoms with van der Waals surface area (Å²) >= 11 is 0. The van der Waals surface area contributed by atoms with Gasteiger partial charge in [-0.25, -0.2) is 0 Å². The number of aliphatic hydroxyl groups excluding tert-OH is 1. The van der Waals surface area contributed by atoms with Gasteiger partial charge in [-0.1, -0.05) is 95.0 Å². The van der Waals surface area contributed by atoms with E-state index in [0.29, 0.717) is 35.2 Å². The Hall–Kier alpha value is -4.03. The zero-order valence-corrected chi connectivity index (χ0v) is 25.7. The van der Waals surface area contributed by atoms with E-state index in [2.05, 4.69) is 6.92 Å². The second kappa shape index (κ2) is 11.5. The number of unbranched alkanes of at least 4 members (excludes halogenated alkanes) is 9. The molecule has 0 aliphatic carbocycles. The highest BCUT2D eigenvalue weighted by Gasteiger charge is 2.36. The molecule has 0 bridgehead atoms. The van der Waals surface area contributed by atoms with Gasteiger partial charge in [-0.05, 0) is 63.9 Å². The van der Waals surface area contributed by atoms with Gasteiger partial charge < -0.3 is 10.0 Å². The Morgan fingerprint density at radius 1 is 0.545 bits per heavy atom. The number of amides is 3. The van der Waals surface area contributed by atoms with Crippen LogP contribution in [0.25, 0.3) is 43.1 Å². The number of imide groups is 1. The van der Waals surface area contributed by atoms with Crippen molar-refractivity contribution < 1.29 is 19.5 Å². The molecule has 2 heterocycles. The Bertz CT molecular complexity index is 1870. The topological polar surface area (TPSA) is 77.9 Å². The lowest BCUT2D eigenvalue weighted by Crippen LogP contribution is -2.40. The molecule has 1 unspecified atom stereocenters. The molecule has 226 valence electrons. The first-order valence-electron chi connectivity index (χ1n) is 16.5. The number of carbonyl (C=O) groups excluding carboxylic acids is 3. The van der Waals surface area contributed by atoms with E-state index in [1.54, 1.807) is 4.90 Å². The molecule has 5 aromatic carbocycles. The third kappa shape index (κ3) is 4.29. The van der Waals surface area contributed by atoms with Crippen LogP contribution in [0.2, 0.25) is 0 Å². The molecule has 1 N–H and O–H groups in total. The number of hydrogen-bond donors (Lipinski definition) is 1. The molecule has 0 saturated carbocycles. The van der Waals surface area contributed by atoms with Crippen molar-refractivity contribution in [3.8, 4) is 0 Å². The number of benzene rings is 5. The average molecular weight is 589 g/mol. The van der Waals surface area contributed by atoms with Crippen LogP contribution in [-0.4, -0.2) is 45.7 Å². The minimum atomic E-state index is -0.995. The summed E-state index contributed by atoms with van der Waals surface area (Å²) in [6.45, 7) is 4.91. The average Bonchev–Trinajstić information content (AvgIpc) is 3.04. The van der Waals surface area contributed by atoms with E-state index in [-0.39, 0.29) is 17.7 Å². The van der Waals surface area contributed by atoms with Crippen molar-refractivity contribution in [2.75, 3.05) is 13.1 Å². The number of nitrogens with zero attached hydrogens (tertiary/aromatic N) is 2. The van der Waals surface area contributed by atoms with Crippen molar-refractivity contribution >= 4 is 60.8 Å². The van der Waals surface area contributed by atoms with E-state index in [4.69, 9.17) is 0 Å². The van der Waals surface area contributed by atoms with Crippen molar-refractivity contribution in [2.45, 2.75) is 84.3 Å². The van der Waals surface area contributed by atoms with Crippen LogP contribution < -0.4 is 0 Å². The first-order valence-corrected chi connectivity index (χ1v) is 16.5. The minimum Gasteiger partial charge on any atom is -0.369 e. The second-order valence-corrected chi connectivity index (χ2v) is 12.6. The van der Waals surface area contributed by atoms with Gasteiger partial charge in [-0.15, -0.1) is 0 Å². The molecule has 5 aromatic rings. The Kier molecular flexibility index (Phi) is 7.49. The lowest BCUT2D eigenvalue weighted by molar-refractivity contribution is 0.00419. The van der Waals surface area contributed by atoms with E-state index in [0.717, 1.165) is 62.5 Å². The number of rotatable bonds is 12. The van der Waals surface area contributed by atoms with Crippen molar-refractivity contribution in [2.24, 2.45) is 0 Å². The van der Waals surface area contributed by atoms with Gasteiger partial charge in [0.25, 0.3) is 17.7 Å². The van der Waals surface area contributed by atoms with Crippen LogP contribution in [0.3, 0.4) is 0 Å². The summed E-state index contributed by atoms with van der Waals surface area (Å²) in [6.07, 6.45) is 11.2. The summed E-state index contributed by atoms with van der Waals surface area (Å²) in [6, 6.07) is 15.5. The Morgan fingerprint density at radius 2 is 1.00 bits per heavy atom. The van der Waals surface area contributed by atoms with Crippen LogP contribution in [-0.2, 0) is 0 Å². The Balaban J connectivity index is 1.21. The highest BCUT2D eigenvalue weighted by Crippen LogP contribution is 2.47. The maximum Gasteiger partial charge on any atom is 0.261 e. The van der Waals surface area contributed by atoms with Crippen LogP contribution in [0, 0.1) is 0 Å². The standard InChI is InChI=1S/C38H40N2O4/c1-3-5-6-7-8-9-10-11-12-13-22-40-37(43)29-20-16-25-23-14-18-27-33-28(36(42)39(4-2)35(27)41)19-15-24(31(23)33)26-17-21-30(38(40)44)34(29)32(25)26/h14-21,37,43H,3-13,22H2,1-2H3. The molecular weight excluding hydrogens is 548 g/mol. The molecule has 2 aliphatic heterocycles. The van der Waals surface area contributed by atoms with Crippen LogP contribution >= 0.6 is 0 Å². The van der Waals surface area contributed by atoms with Gasteiger partial charge in [-0.3, -0.25) is 19.3 Å². The molecule has 0 radical (unpaired) electrons. The fourth-order valence-corrected chi connectivity index (χ4v) is 7.76. The molecule has 2 aliphatic rings. The zero-order valence-electron chi connectivity index (χ0n) is 25.7. The number of carbonyl (C=O) groups is 3. The fourth-order valence-electron chi connectivity index (χ4n) is 7.76. The Morgan fingerprint density at radius 3 is 1.52 bits per heavy atom. The van der Waals surface area contributed by atoms with Crippen LogP contribution in [0.1, 0.15) is 121 Å². The predicted molar refractivity (Wildman–Crippen MR) is 177 cm³/mol. The summed E-state index contributed by atoms with van der Waals surface area (Å²) in [5.41, 5.74) is 2.47. The van der Waals surface area contributed by atoms with Crippen LogP contribution in [0.5, 0.6) is 0 Å². The van der Waals surface area contributed by atoms with E-state index in [1.807, 2.05) is 55.5 Å².